The summed E-state index contributed by atoms with van der Waals surface area (Å²) in [7, 11) is 0. The lowest BCUT2D eigenvalue weighted by Crippen LogP contribution is -2.05. The lowest BCUT2D eigenvalue weighted by molar-refractivity contribution is 0.283. The molecule has 0 spiro atoms. The van der Waals surface area contributed by atoms with Gasteiger partial charge in [-0.25, -0.2) is 9.97 Å². The number of nitrogens with zero attached hydrogens (tertiary/aromatic N) is 2. The summed E-state index contributed by atoms with van der Waals surface area (Å²) in [6.07, 6.45) is 2.75. The van der Waals surface area contributed by atoms with E-state index in [1.807, 2.05) is 12.1 Å². The van der Waals surface area contributed by atoms with Crippen LogP contribution in [-0.2, 0) is 0 Å². The van der Waals surface area contributed by atoms with E-state index in [-0.39, 0.29) is 11.9 Å². The number of aromatic nitrogens is 2. The fourth-order valence-corrected chi connectivity index (χ4v) is 2.18. The van der Waals surface area contributed by atoms with Crippen molar-refractivity contribution in [1.82, 2.24) is 9.97 Å². The number of aliphatic hydroxyl groups is 1. The largest absolute Gasteiger partial charge is 0.396 e. The van der Waals surface area contributed by atoms with Crippen LogP contribution in [0.5, 0.6) is 0 Å². The van der Waals surface area contributed by atoms with Gasteiger partial charge in [0.05, 0.1) is 5.52 Å². The minimum absolute atomic E-state index is 0.215. The molecule has 0 amide bonds. The van der Waals surface area contributed by atoms with Gasteiger partial charge in [-0.3, -0.25) is 0 Å². The Balaban J connectivity index is 2.14. The summed E-state index contributed by atoms with van der Waals surface area (Å²) in [5, 5.41) is 13.7. The maximum absolute atomic E-state index is 8.72. The Morgan fingerprint density at radius 2 is 1.95 bits per heavy atom. The fraction of sp³-hybridized carbons (Fsp3) is 0.385. The molecule has 1 aromatic carbocycles. The highest BCUT2D eigenvalue weighted by Gasteiger charge is 2.06. The Labute approximate surface area is 121 Å². The second-order valence-electron chi connectivity index (χ2n) is 4.21. The lowest BCUT2D eigenvalue weighted by Gasteiger charge is -2.09. The van der Waals surface area contributed by atoms with Crippen LogP contribution in [0.25, 0.3) is 10.9 Å². The highest BCUT2D eigenvalue weighted by molar-refractivity contribution is 6.31. The van der Waals surface area contributed by atoms with Crippen LogP contribution in [0.2, 0.25) is 10.3 Å². The molecule has 0 saturated heterocycles. The van der Waals surface area contributed by atoms with Gasteiger partial charge >= 0.3 is 0 Å². The van der Waals surface area contributed by atoms with Crippen LogP contribution in [-0.4, -0.2) is 28.2 Å². The first-order valence-electron chi connectivity index (χ1n) is 6.18. The molecule has 0 aliphatic carbocycles. The second kappa shape index (κ2) is 6.89. The van der Waals surface area contributed by atoms with Crippen molar-refractivity contribution in [2.75, 3.05) is 18.5 Å². The number of halogens is 2. The first kappa shape index (κ1) is 14.3. The molecule has 0 saturated carbocycles. The molecule has 6 heteroatoms. The molecule has 0 fully saturated rings. The van der Waals surface area contributed by atoms with E-state index in [1.54, 1.807) is 6.07 Å². The van der Waals surface area contributed by atoms with Crippen molar-refractivity contribution in [2.45, 2.75) is 19.3 Å². The van der Waals surface area contributed by atoms with E-state index in [1.165, 1.54) is 0 Å². The summed E-state index contributed by atoms with van der Waals surface area (Å²) in [6, 6.07) is 5.42. The molecule has 102 valence electrons. The van der Waals surface area contributed by atoms with Crippen LogP contribution in [0.1, 0.15) is 19.3 Å². The molecule has 0 atom stereocenters. The number of nitrogens with one attached hydrogen (secondary N) is 1. The molecule has 0 aliphatic heterocycles. The smallest absolute Gasteiger partial charge is 0.224 e. The van der Waals surface area contributed by atoms with E-state index < -0.39 is 0 Å². The van der Waals surface area contributed by atoms with Crippen molar-refractivity contribution >= 4 is 39.9 Å². The van der Waals surface area contributed by atoms with Gasteiger partial charge in [0.1, 0.15) is 5.82 Å². The Morgan fingerprint density at radius 3 is 2.74 bits per heavy atom. The predicted octanol–water partition coefficient (Wildman–Crippen LogP) is 3.51. The van der Waals surface area contributed by atoms with Crippen LogP contribution in [0.3, 0.4) is 0 Å². The second-order valence-corrected chi connectivity index (χ2v) is 4.99. The third kappa shape index (κ3) is 3.93. The molecular weight excluding hydrogens is 285 g/mol. The van der Waals surface area contributed by atoms with Gasteiger partial charge in [-0.1, -0.05) is 11.6 Å². The average Bonchev–Trinajstić information content (AvgIpc) is 2.39. The average molecular weight is 300 g/mol. The van der Waals surface area contributed by atoms with Crippen molar-refractivity contribution < 1.29 is 5.11 Å². The van der Waals surface area contributed by atoms with Crippen molar-refractivity contribution in [2.24, 2.45) is 0 Å². The molecule has 1 aromatic heterocycles. The van der Waals surface area contributed by atoms with Gasteiger partial charge in [0.15, 0.2) is 0 Å². The topological polar surface area (TPSA) is 58.0 Å². The minimum atomic E-state index is 0.215. The molecular formula is C13H15Cl2N3O. The minimum Gasteiger partial charge on any atom is -0.396 e. The molecule has 2 N–H and O–H groups in total. The summed E-state index contributed by atoms with van der Waals surface area (Å²) >= 11 is 11.9. The molecule has 0 unspecified atom stereocenters. The van der Waals surface area contributed by atoms with Gasteiger partial charge in [-0.15, -0.1) is 0 Å². The Morgan fingerprint density at radius 1 is 1.11 bits per heavy atom. The van der Waals surface area contributed by atoms with E-state index >= 15 is 0 Å². The van der Waals surface area contributed by atoms with Gasteiger partial charge in [-0.2, -0.15) is 0 Å². The van der Waals surface area contributed by atoms with Crippen molar-refractivity contribution in [1.29, 1.82) is 0 Å². The quantitative estimate of drug-likeness (QED) is 0.633. The van der Waals surface area contributed by atoms with Gasteiger partial charge in [0, 0.05) is 23.6 Å². The van der Waals surface area contributed by atoms with E-state index in [4.69, 9.17) is 28.3 Å². The van der Waals surface area contributed by atoms with Crippen LogP contribution >= 0.6 is 23.2 Å². The number of fused-ring (bicyclic) bond motifs is 1. The SMILES string of the molecule is OCCCCCNc1nc(Cl)nc2ccc(Cl)cc12. The van der Waals surface area contributed by atoms with Crippen LogP contribution < -0.4 is 5.32 Å². The number of aliphatic hydroxyl groups excluding tert-OH is 1. The van der Waals surface area contributed by atoms with Crippen LogP contribution in [0.4, 0.5) is 5.82 Å². The first-order valence-corrected chi connectivity index (χ1v) is 6.94. The highest BCUT2D eigenvalue weighted by atomic mass is 35.5. The van der Waals surface area contributed by atoms with Gasteiger partial charge in [-0.05, 0) is 49.1 Å². The molecule has 1 heterocycles. The van der Waals surface area contributed by atoms with Crippen LogP contribution in [0, 0.1) is 0 Å². The highest BCUT2D eigenvalue weighted by Crippen LogP contribution is 2.25. The van der Waals surface area contributed by atoms with Gasteiger partial charge in [0.2, 0.25) is 5.28 Å². The zero-order valence-electron chi connectivity index (χ0n) is 10.4. The Kier molecular flexibility index (Phi) is 5.19. The van der Waals surface area contributed by atoms with Gasteiger partial charge < -0.3 is 10.4 Å². The number of anilines is 1. The molecule has 2 rings (SSSR count). The number of benzene rings is 1. The normalized spacial score (nSPS) is 10.9. The molecule has 4 nitrogen and oxygen atoms in total. The summed E-state index contributed by atoms with van der Waals surface area (Å²) in [5.74, 6) is 0.696. The first-order chi connectivity index (χ1) is 9.20. The number of rotatable bonds is 6. The zero-order valence-corrected chi connectivity index (χ0v) is 11.9. The van der Waals surface area contributed by atoms with E-state index in [9.17, 15) is 0 Å². The summed E-state index contributed by atoms with van der Waals surface area (Å²) < 4.78 is 0. The van der Waals surface area contributed by atoms with E-state index in [0.29, 0.717) is 10.8 Å². The molecule has 0 aliphatic rings. The summed E-state index contributed by atoms with van der Waals surface area (Å²) in [4.78, 5) is 8.35. The van der Waals surface area contributed by atoms with Gasteiger partial charge in [0.25, 0.3) is 0 Å². The van der Waals surface area contributed by atoms with E-state index in [0.717, 1.165) is 36.7 Å². The summed E-state index contributed by atoms with van der Waals surface area (Å²) in [6.45, 7) is 1.01. The van der Waals surface area contributed by atoms with Crippen molar-refractivity contribution in [3.63, 3.8) is 0 Å². The van der Waals surface area contributed by atoms with Crippen molar-refractivity contribution in [3.05, 3.63) is 28.5 Å². The Bertz CT molecular complexity index is 563. The molecule has 0 radical (unpaired) electrons. The molecule has 2 aromatic rings. The Hall–Kier alpha value is -1.10. The fourth-order valence-electron chi connectivity index (χ4n) is 1.83. The molecule has 0 bridgehead atoms. The van der Waals surface area contributed by atoms with Crippen LogP contribution in [0.15, 0.2) is 18.2 Å². The number of hydrogen-bond acceptors (Lipinski definition) is 4. The number of hydrogen-bond donors (Lipinski definition) is 2. The maximum atomic E-state index is 8.72. The monoisotopic (exact) mass is 299 g/mol. The summed E-state index contributed by atoms with van der Waals surface area (Å²) in [5.41, 5.74) is 0.766. The maximum Gasteiger partial charge on any atom is 0.224 e. The standard InChI is InChI=1S/C13H15Cl2N3O/c14-9-4-5-11-10(8-9)12(18-13(15)17-11)16-6-2-1-3-7-19/h4-5,8,19H,1-3,6-7H2,(H,16,17,18). The van der Waals surface area contributed by atoms with Crippen molar-refractivity contribution in [3.8, 4) is 0 Å². The lowest BCUT2D eigenvalue weighted by atomic mass is 10.2. The van der Waals surface area contributed by atoms with E-state index in [2.05, 4.69) is 15.3 Å². The predicted molar refractivity (Wildman–Crippen MR) is 79.0 cm³/mol. The third-order valence-corrected chi connectivity index (χ3v) is 3.16. The number of unbranched alkanes of at least 4 members (excludes halogenated alkanes) is 2. The third-order valence-electron chi connectivity index (χ3n) is 2.76. The molecule has 19 heavy (non-hydrogen) atoms. The zero-order chi connectivity index (χ0) is 13.7.